The van der Waals surface area contributed by atoms with Gasteiger partial charge in [-0.05, 0) is 31.0 Å². The van der Waals surface area contributed by atoms with Gasteiger partial charge >= 0.3 is 0 Å². The first-order chi connectivity index (χ1) is 10.3. The van der Waals surface area contributed by atoms with Crippen molar-refractivity contribution in [2.24, 2.45) is 5.92 Å². The Morgan fingerprint density at radius 3 is 2.68 bits per heavy atom. The summed E-state index contributed by atoms with van der Waals surface area (Å²) in [7, 11) is -3.31. The van der Waals surface area contributed by atoms with Crippen molar-refractivity contribution in [2.75, 3.05) is 24.7 Å². The van der Waals surface area contributed by atoms with Crippen molar-refractivity contribution in [3.63, 3.8) is 0 Å². The molecule has 1 saturated heterocycles. The number of rotatable bonds is 3. The van der Waals surface area contributed by atoms with Crippen molar-refractivity contribution in [2.45, 2.75) is 24.7 Å². The molecular formula is C15H20N2O4S. The molecule has 0 aromatic heterocycles. The monoisotopic (exact) mass is 324 g/mol. The van der Waals surface area contributed by atoms with Gasteiger partial charge in [0.15, 0.2) is 9.84 Å². The van der Waals surface area contributed by atoms with Crippen LogP contribution < -0.4 is 5.32 Å². The van der Waals surface area contributed by atoms with E-state index in [1.165, 1.54) is 19.1 Å². The van der Waals surface area contributed by atoms with Gasteiger partial charge in [0.05, 0.1) is 10.8 Å². The molecule has 1 heterocycles. The van der Waals surface area contributed by atoms with Gasteiger partial charge in [-0.2, -0.15) is 0 Å². The number of hydrogen-bond acceptors (Lipinski definition) is 4. The van der Waals surface area contributed by atoms with Crippen LogP contribution in [-0.2, 0) is 19.4 Å². The van der Waals surface area contributed by atoms with Crippen LogP contribution in [0.25, 0.3) is 0 Å². The van der Waals surface area contributed by atoms with Crippen molar-refractivity contribution in [3.05, 3.63) is 24.3 Å². The Hall–Kier alpha value is -1.89. The number of nitrogens with zero attached hydrogens (tertiary/aromatic N) is 1. The van der Waals surface area contributed by atoms with Crippen LogP contribution >= 0.6 is 0 Å². The fraction of sp³-hybridized carbons (Fsp3) is 0.467. The second-order valence-electron chi connectivity index (χ2n) is 5.59. The Bertz CT molecular complexity index is 685. The van der Waals surface area contributed by atoms with E-state index in [2.05, 4.69) is 5.32 Å². The van der Waals surface area contributed by atoms with Crippen LogP contribution in [0.5, 0.6) is 0 Å². The molecule has 6 nitrogen and oxygen atoms in total. The van der Waals surface area contributed by atoms with Crippen LogP contribution in [0.3, 0.4) is 0 Å². The van der Waals surface area contributed by atoms with Crippen LogP contribution in [0.4, 0.5) is 5.69 Å². The average Bonchev–Trinajstić information content (AvgIpc) is 2.46. The molecule has 2 rings (SSSR count). The predicted molar refractivity (Wildman–Crippen MR) is 83.2 cm³/mol. The Morgan fingerprint density at radius 1 is 1.32 bits per heavy atom. The van der Waals surface area contributed by atoms with Gasteiger partial charge in [0.25, 0.3) is 0 Å². The first kappa shape index (κ1) is 16.5. The third-order valence-corrected chi connectivity index (χ3v) is 4.88. The standard InChI is InChI=1S/C15H20N2O4S/c1-11(18)17-8-4-5-12(10-17)15(19)16-13-6-3-7-14(9-13)22(2,20)21/h3,6-7,9,12H,4-5,8,10H2,1-2H3,(H,16,19)/t12-/m1/s1. The minimum Gasteiger partial charge on any atom is -0.342 e. The number of piperidine rings is 1. The van der Waals surface area contributed by atoms with E-state index in [1.54, 1.807) is 17.0 Å². The van der Waals surface area contributed by atoms with Crippen LogP contribution in [0, 0.1) is 5.92 Å². The molecule has 0 bridgehead atoms. The SMILES string of the molecule is CC(=O)N1CCC[C@@H](C(=O)Nc2cccc(S(C)(=O)=O)c2)C1. The number of amides is 2. The number of hydrogen-bond donors (Lipinski definition) is 1. The third-order valence-electron chi connectivity index (χ3n) is 3.77. The highest BCUT2D eigenvalue weighted by Crippen LogP contribution is 2.20. The van der Waals surface area contributed by atoms with Crippen LogP contribution in [-0.4, -0.2) is 44.5 Å². The van der Waals surface area contributed by atoms with Gasteiger partial charge in [-0.15, -0.1) is 0 Å². The lowest BCUT2D eigenvalue weighted by Gasteiger charge is -2.31. The first-order valence-electron chi connectivity index (χ1n) is 7.14. The Morgan fingerprint density at radius 2 is 2.05 bits per heavy atom. The van der Waals surface area contributed by atoms with E-state index < -0.39 is 9.84 Å². The van der Waals surface area contributed by atoms with E-state index >= 15 is 0 Å². The molecule has 22 heavy (non-hydrogen) atoms. The molecule has 1 fully saturated rings. The number of carbonyl (C=O) groups is 2. The van der Waals surface area contributed by atoms with E-state index in [0.717, 1.165) is 19.1 Å². The van der Waals surface area contributed by atoms with Gasteiger partial charge in [0.1, 0.15) is 0 Å². The quantitative estimate of drug-likeness (QED) is 0.908. The van der Waals surface area contributed by atoms with Crippen LogP contribution in [0.15, 0.2) is 29.2 Å². The maximum absolute atomic E-state index is 12.3. The fourth-order valence-electron chi connectivity index (χ4n) is 2.53. The molecule has 120 valence electrons. The van der Waals surface area contributed by atoms with Gasteiger partial charge in [-0.3, -0.25) is 9.59 Å². The zero-order valence-electron chi connectivity index (χ0n) is 12.7. The number of sulfone groups is 1. The zero-order valence-corrected chi connectivity index (χ0v) is 13.5. The smallest absolute Gasteiger partial charge is 0.229 e. The normalized spacial score (nSPS) is 18.8. The largest absolute Gasteiger partial charge is 0.342 e. The Kier molecular flexibility index (Phi) is 4.85. The Labute approximate surface area is 130 Å². The summed E-state index contributed by atoms with van der Waals surface area (Å²) in [5.41, 5.74) is 0.452. The minimum atomic E-state index is -3.31. The molecule has 1 aliphatic heterocycles. The molecular weight excluding hydrogens is 304 g/mol. The number of benzene rings is 1. The molecule has 1 atom stereocenters. The summed E-state index contributed by atoms with van der Waals surface area (Å²) < 4.78 is 23.1. The zero-order chi connectivity index (χ0) is 16.3. The molecule has 7 heteroatoms. The van der Waals surface area contributed by atoms with Gasteiger partial charge in [0, 0.05) is 32.0 Å². The molecule has 2 amide bonds. The lowest BCUT2D eigenvalue weighted by atomic mass is 9.97. The summed E-state index contributed by atoms with van der Waals surface area (Å²) in [4.78, 5) is 25.5. The highest BCUT2D eigenvalue weighted by molar-refractivity contribution is 7.90. The summed E-state index contributed by atoms with van der Waals surface area (Å²) in [5, 5.41) is 2.74. The summed E-state index contributed by atoms with van der Waals surface area (Å²) >= 11 is 0. The molecule has 0 saturated carbocycles. The molecule has 1 aromatic rings. The first-order valence-corrected chi connectivity index (χ1v) is 9.03. The van der Waals surface area contributed by atoms with Crippen molar-refractivity contribution in [1.82, 2.24) is 4.90 Å². The minimum absolute atomic E-state index is 0.0310. The number of carbonyl (C=O) groups excluding carboxylic acids is 2. The predicted octanol–water partition coefficient (Wildman–Crippen LogP) is 1.29. The molecule has 1 aliphatic rings. The summed E-state index contributed by atoms with van der Waals surface area (Å²) in [6.07, 6.45) is 2.64. The highest BCUT2D eigenvalue weighted by atomic mass is 32.2. The molecule has 1 N–H and O–H groups in total. The topological polar surface area (TPSA) is 83.6 Å². The van der Waals surface area contributed by atoms with Gasteiger partial charge < -0.3 is 10.2 Å². The number of anilines is 1. The van der Waals surface area contributed by atoms with Gasteiger partial charge in [0.2, 0.25) is 11.8 Å². The highest BCUT2D eigenvalue weighted by Gasteiger charge is 2.27. The van der Waals surface area contributed by atoms with Crippen molar-refractivity contribution in [1.29, 1.82) is 0 Å². The average molecular weight is 324 g/mol. The molecule has 0 aliphatic carbocycles. The van der Waals surface area contributed by atoms with E-state index in [4.69, 9.17) is 0 Å². The van der Waals surface area contributed by atoms with Crippen molar-refractivity contribution < 1.29 is 18.0 Å². The summed E-state index contributed by atoms with van der Waals surface area (Å²) in [6, 6.07) is 6.18. The van der Waals surface area contributed by atoms with Crippen LogP contribution in [0.1, 0.15) is 19.8 Å². The lowest BCUT2D eigenvalue weighted by molar-refractivity contribution is -0.132. The van der Waals surface area contributed by atoms with Gasteiger partial charge in [-0.1, -0.05) is 6.07 Å². The molecule has 1 aromatic carbocycles. The molecule has 0 radical (unpaired) electrons. The van der Waals surface area contributed by atoms with E-state index in [-0.39, 0.29) is 22.6 Å². The lowest BCUT2D eigenvalue weighted by Crippen LogP contribution is -2.42. The van der Waals surface area contributed by atoms with E-state index in [1.807, 2.05) is 0 Å². The van der Waals surface area contributed by atoms with Crippen LogP contribution in [0.2, 0.25) is 0 Å². The maximum Gasteiger partial charge on any atom is 0.229 e. The Balaban J connectivity index is 2.07. The number of likely N-dealkylation sites (tertiary alicyclic amines) is 1. The fourth-order valence-corrected chi connectivity index (χ4v) is 3.19. The van der Waals surface area contributed by atoms with Crippen molar-refractivity contribution >= 4 is 27.3 Å². The van der Waals surface area contributed by atoms with E-state index in [9.17, 15) is 18.0 Å². The van der Waals surface area contributed by atoms with E-state index in [0.29, 0.717) is 18.8 Å². The second-order valence-corrected chi connectivity index (χ2v) is 7.61. The number of nitrogens with one attached hydrogen (secondary N) is 1. The summed E-state index contributed by atoms with van der Waals surface area (Å²) in [5.74, 6) is -0.479. The second kappa shape index (κ2) is 6.48. The van der Waals surface area contributed by atoms with Crippen molar-refractivity contribution in [3.8, 4) is 0 Å². The molecule has 0 spiro atoms. The van der Waals surface area contributed by atoms with Gasteiger partial charge in [-0.25, -0.2) is 8.42 Å². The summed E-state index contributed by atoms with van der Waals surface area (Å²) in [6.45, 7) is 2.59. The molecule has 0 unspecified atom stereocenters. The third kappa shape index (κ3) is 4.07. The maximum atomic E-state index is 12.3.